The zero-order valence-electron chi connectivity index (χ0n) is 17.6. The van der Waals surface area contributed by atoms with Gasteiger partial charge in [-0.25, -0.2) is 0 Å². The molecule has 0 saturated heterocycles. The molecule has 0 saturated carbocycles. The van der Waals surface area contributed by atoms with Crippen LogP contribution >= 0.6 is 0 Å². The molecular formula is C24H29NO5. The van der Waals surface area contributed by atoms with E-state index in [-0.39, 0.29) is 25.0 Å². The highest BCUT2D eigenvalue weighted by atomic mass is 16.5. The van der Waals surface area contributed by atoms with Gasteiger partial charge >= 0.3 is 5.97 Å². The van der Waals surface area contributed by atoms with Crippen LogP contribution in [0.1, 0.15) is 50.3 Å². The summed E-state index contributed by atoms with van der Waals surface area (Å²) < 4.78 is 16.2. The molecule has 2 unspecified atom stereocenters. The summed E-state index contributed by atoms with van der Waals surface area (Å²) in [7, 11) is 0. The number of rotatable bonds is 9. The topological polar surface area (TPSA) is 73.9 Å². The Morgan fingerprint density at radius 3 is 2.50 bits per heavy atom. The van der Waals surface area contributed by atoms with Gasteiger partial charge in [-0.3, -0.25) is 9.59 Å². The van der Waals surface area contributed by atoms with E-state index in [4.69, 9.17) is 14.2 Å². The van der Waals surface area contributed by atoms with Crippen LogP contribution in [0.2, 0.25) is 0 Å². The van der Waals surface area contributed by atoms with Gasteiger partial charge in [0, 0.05) is 0 Å². The second-order valence-corrected chi connectivity index (χ2v) is 7.29. The molecular weight excluding hydrogens is 382 g/mol. The molecule has 160 valence electrons. The van der Waals surface area contributed by atoms with Gasteiger partial charge in [0.1, 0.15) is 11.5 Å². The third-order valence-corrected chi connectivity index (χ3v) is 5.07. The third-order valence-electron chi connectivity index (χ3n) is 5.07. The minimum Gasteiger partial charge on any atom is -0.494 e. The van der Waals surface area contributed by atoms with Crippen molar-refractivity contribution in [1.82, 2.24) is 5.32 Å². The number of aryl methyl sites for hydroxylation is 1. The van der Waals surface area contributed by atoms with E-state index >= 15 is 0 Å². The number of ether oxygens (including phenoxy) is 3. The SMILES string of the molecule is CCOc1ccc(OCCC(=O)OC(C)C(=O)NC2CCCc3ccccc32)cc1. The van der Waals surface area contributed by atoms with Crippen LogP contribution in [0.25, 0.3) is 0 Å². The molecule has 0 spiro atoms. The van der Waals surface area contributed by atoms with Crippen LogP contribution in [0.3, 0.4) is 0 Å². The first kappa shape index (κ1) is 21.7. The quantitative estimate of drug-likeness (QED) is 0.632. The average molecular weight is 411 g/mol. The van der Waals surface area contributed by atoms with E-state index in [9.17, 15) is 9.59 Å². The van der Waals surface area contributed by atoms with Crippen molar-refractivity contribution in [2.45, 2.75) is 51.7 Å². The summed E-state index contributed by atoms with van der Waals surface area (Å²) in [6.07, 6.45) is 2.16. The first-order chi connectivity index (χ1) is 14.6. The van der Waals surface area contributed by atoms with Gasteiger partial charge < -0.3 is 19.5 Å². The van der Waals surface area contributed by atoms with Gasteiger partial charge in [0.25, 0.3) is 5.91 Å². The minimum absolute atomic E-state index is 0.0356. The number of fused-ring (bicyclic) bond motifs is 1. The highest BCUT2D eigenvalue weighted by molar-refractivity contribution is 5.83. The fourth-order valence-electron chi connectivity index (χ4n) is 3.55. The maximum Gasteiger partial charge on any atom is 0.310 e. The number of benzene rings is 2. The maximum absolute atomic E-state index is 12.5. The fraction of sp³-hybridized carbons (Fsp3) is 0.417. The molecule has 0 heterocycles. The van der Waals surface area contributed by atoms with E-state index in [0.29, 0.717) is 12.4 Å². The number of esters is 1. The zero-order valence-corrected chi connectivity index (χ0v) is 17.6. The predicted molar refractivity (Wildman–Crippen MR) is 114 cm³/mol. The third kappa shape index (κ3) is 5.99. The van der Waals surface area contributed by atoms with Crippen molar-refractivity contribution >= 4 is 11.9 Å². The van der Waals surface area contributed by atoms with Crippen molar-refractivity contribution in [3.8, 4) is 11.5 Å². The van der Waals surface area contributed by atoms with Crippen molar-refractivity contribution < 1.29 is 23.8 Å². The van der Waals surface area contributed by atoms with Gasteiger partial charge in [-0.2, -0.15) is 0 Å². The summed E-state index contributed by atoms with van der Waals surface area (Å²) in [5.41, 5.74) is 2.42. The van der Waals surface area contributed by atoms with E-state index in [1.807, 2.05) is 37.3 Å². The van der Waals surface area contributed by atoms with Gasteiger partial charge in [-0.05, 0) is 68.5 Å². The van der Waals surface area contributed by atoms with E-state index in [2.05, 4.69) is 11.4 Å². The second kappa shape index (κ2) is 10.7. The first-order valence-corrected chi connectivity index (χ1v) is 10.5. The summed E-state index contributed by atoms with van der Waals surface area (Å²) in [6.45, 7) is 4.29. The molecule has 2 aromatic carbocycles. The van der Waals surface area contributed by atoms with E-state index in [1.165, 1.54) is 5.56 Å². The summed E-state index contributed by atoms with van der Waals surface area (Å²) in [4.78, 5) is 24.6. The summed E-state index contributed by atoms with van der Waals surface area (Å²) in [5.74, 6) is 0.669. The Bertz CT molecular complexity index is 849. The Balaban J connectivity index is 1.41. The molecule has 30 heavy (non-hydrogen) atoms. The normalized spacial score (nSPS) is 16.1. The summed E-state index contributed by atoms with van der Waals surface area (Å²) in [6, 6.07) is 15.3. The van der Waals surface area contributed by atoms with Crippen LogP contribution in [-0.4, -0.2) is 31.2 Å². The van der Waals surface area contributed by atoms with Crippen molar-refractivity contribution in [3.05, 3.63) is 59.7 Å². The van der Waals surface area contributed by atoms with Gasteiger partial charge in [-0.15, -0.1) is 0 Å². The van der Waals surface area contributed by atoms with Gasteiger partial charge in [0.15, 0.2) is 6.10 Å². The lowest BCUT2D eigenvalue weighted by atomic mass is 9.87. The van der Waals surface area contributed by atoms with E-state index < -0.39 is 12.1 Å². The number of hydrogen-bond donors (Lipinski definition) is 1. The standard InChI is InChI=1S/C24H29NO5/c1-3-28-19-11-13-20(14-12-19)29-16-15-23(26)30-17(2)24(27)25-22-10-6-8-18-7-4-5-9-21(18)22/h4-5,7,9,11-14,17,22H,3,6,8,10,15-16H2,1-2H3,(H,25,27). The van der Waals surface area contributed by atoms with Gasteiger partial charge in [0.05, 0.1) is 25.7 Å². The van der Waals surface area contributed by atoms with Crippen molar-refractivity contribution in [1.29, 1.82) is 0 Å². The summed E-state index contributed by atoms with van der Waals surface area (Å²) >= 11 is 0. The lowest BCUT2D eigenvalue weighted by molar-refractivity contribution is -0.155. The average Bonchev–Trinajstić information content (AvgIpc) is 2.75. The molecule has 0 aliphatic heterocycles. The zero-order chi connectivity index (χ0) is 21.3. The Hall–Kier alpha value is -3.02. The Labute approximate surface area is 177 Å². The second-order valence-electron chi connectivity index (χ2n) is 7.29. The molecule has 1 amide bonds. The molecule has 0 fully saturated rings. The van der Waals surface area contributed by atoms with Crippen molar-refractivity contribution in [2.24, 2.45) is 0 Å². The predicted octanol–water partition coefficient (Wildman–Crippen LogP) is 3.98. The minimum atomic E-state index is -0.850. The van der Waals surface area contributed by atoms with Crippen LogP contribution in [0, 0.1) is 0 Å². The molecule has 0 aromatic heterocycles. The Morgan fingerprint density at radius 1 is 1.07 bits per heavy atom. The van der Waals surface area contributed by atoms with E-state index in [0.717, 1.165) is 30.6 Å². The monoisotopic (exact) mass is 411 g/mol. The highest BCUT2D eigenvalue weighted by Crippen LogP contribution is 2.29. The molecule has 1 aliphatic carbocycles. The van der Waals surface area contributed by atoms with Crippen LogP contribution in [0.4, 0.5) is 0 Å². The number of nitrogens with one attached hydrogen (secondary N) is 1. The molecule has 2 atom stereocenters. The van der Waals surface area contributed by atoms with Crippen LogP contribution in [0.15, 0.2) is 48.5 Å². The van der Waals surface area contributed by atoms with Crippen molar-refractivity contribution in [2.75, 3.05) is 13.2 Å². The largest absolute Gasteiger partial charge is 0.494 e. The molecule has 6 nitrogen and oxygen atoms in total. The lowest BCUT2D eigenvalue weighted by Gasteiger charge is -2.27. The molecule has 0 bridgehead atoms. The number of carbonyl (C=O) groups is 2. The number of amides is 1. The van der Waals surface area contributed by atoms with E-state index in [1.54, 1.807) is 19.1 Å². The fourth-order valence-corrected chi connectivity index (χ4v) is 3.55. The molecule has 1 N–H and O–H groups in total. The lowest BCUT2D eigenvalue weighted by Crippen LogP contribution is -2.39. The van der Waals surface area contributed by atoms with Gasteiger partial charge in [-0.1, -0.05) is 24.3 Å². The number of hydrogen-bond acceptors (Lipinski definition) is 5. The van der Waals surface area contributed by atoms with Crippen molar-refractivity contribution in [3.63, 3.8) is 0 Å². The molecule has 0 radical (unpaired) electrons. The molecule has 3 rings (SSSR count). The first-order valence-electron chi connectivity index (χ1n) is 10.5. The Morgan fingerprint density at radius 2 is 1.77 bits per heavy atom. The van der Waals surface area contributed by atoms with Crippen LogP contribution in [-0.2, 0) is 20.7 Å². The van der Waals surface area contributed by atoms with Crippen LogP contribution < -0.4 is 14.8 Å². The summed E-state index contributed by atoms with van der Waals surface area (Å²) in [5, 5.41) is 3.02. The number of carbonyl (C=O) groups excluding carboxylic acids is 2. The molecule has 6 heteroatoms. The Kier molecular flexibility index (Phi) is 7.71. The smallest absolute Gasteiger partial charge is 0.310 e. The highest BCUT2D eigenvalue weighted by Gasteiger charge is 2.25. The van der Waals surface area contributed by atoms with Crippen LogP contribution in [0.5, 0.6) is 11.5 Å². The van der Waals surface area contributed by atoms with Gasteiger partial charge in [0.2, 0.25) is 0 Å². The molecule has 2 aromatic rings. The molecule has 1 aliphatic rings. The maximum atomic E-state index is 12.5.